The summed E-state index contributed by atoms with van der Waals surface area (Å²) >= 11 is 1.43. The van der Waals surface area contributed by atoms with Gasteiger partial charge in [-0.3, -0.25) is 0 Å². The van der Waals surface area contributed by atoms with Gasteiger partial charge >= 0.3 is 0 Å². The molecule has 0 aliphatic carbocycles. The Kier molecular flexibility index (Phi) is 2.21. The summed E-state index contributed by atoms with van der Waals surface area (Å²) in [4.78, 5) is 4.41. The molecule has 0 aliphatic heterocycles. The number of anilines is 1. The van der Waals surface area contributed by atoms with Crippen LogP contribution in [0.15, 0.2) is 36.4 Å². The van der Waals surface area contributed by atoms with E-state index in [9.17, 15) is 0 Å². The van der Waals surface area contributed by atoms with Gasteiger partial charge in [0.2, 0.25) is 0 Å². The van der Waals surface area contributed by atoms with Crippen LogP contribution in [0, 0.1) is 6.57 Å². The smallest absolute Gasteiger partial charge is 0.263 e. The summed E-state index contributed by atoms with van der Waals surface area (Å²) in [5.41, 5.74) is 7.37. The Bertz CT molecular complexity index is 480. The minimum absolute atomic E-state index is 0.573. The van der Waals surface area contributed by atoms with Crippen LogP contribution in [0.1, 0.15) is 0 Å². The van der Waals surface area contributed by atoms with Crippen molar-refractivity contribution in [3.63, 3.8) is 0 Å². The second-order valence-electron chi connectivity index (χ2n) is 2.85. The maximum absolute atomic E-state index is 6.92. The van der Waals surface area contributed by atoms with Gasteiger partial charge in [-0.25, -0.2) is 4.85 Å². The third kappa shape index (κ3) is 1.48. The van der Waals surface area contributed by atoms with Crippen LogP contribution < -0.4 is 5.73 Å². The molecule has 0 radical (unpaired) electrons. The average Bonchev–Trinajstić information content (AvgIpc) is 2.61. The van der Waals surface area contributed by atoms with E-state index < -0.39 is 0 Å². The van der Waals surface area contributed by atoms with Gasteiger partial charge < -0.3 is 5.73 Å². The summed E-state index contributed by atoms with van der Waals surface area (Å²) in [6, 6.07) is 11.8. The molecule has 2 rings (SSSR count). The quantitative estimate of drug-likeness (QED) is 0.701. The van der Waals surface area contributed by atoms with E-state index in [0.717, 1.165) is 10.4 Å². The van der Waals surface area contributed by atoms with E-state index in [4.69, 9.17) is 12.3 Å². The molecule has 0 amide bonds. The minimum atomic E-state index is 0.573. The van der Waals surface area contributed by atoms with E-state index in [2.05, 4.69) is 4.85 Å². The topological polar surface area (TPSA) is 30.4 Å². The molecule has 2 aromatic rings. The molecule has 0 unspecified atom stereocenters. The SMILES string of the molecule is [C-]#[N+]c1sc(-c2ccccc2)cc1N. The Balaban J connectivity index is 2.50. The average molecular weight is 200 g/mol. The molecule has 0 bridgehead atoms. The highest BCUT2D eigenvalue weighted by atomic mass is 32.1. The van der Waals surface area contributed by atoms with Crippen LogP contribution in [0.5, 0.6) is 0 Å². The largest absolute Gasteiger partial charge is 0.406 e. The highest BCUT2D eigenvalue weighted by Gasteiger charge is 2.06. The highest BCUT2D eigenvalue weighted by molar-refractivity contribution is 7.20. The first kappa shape index (κ1) is 8.79. The van der Waals surface area contributed by atoms with Crippen LogP contribution in [0.2, 0.25) is 0 Å². The standard InChI is InChI=1S/C11H8N2S/c1-13-11-9(12)7-10(14-11)8-5-3-2-4-6-8/h2-7H,12H2. The van der Waals surface area contributed by atoms with E-state index in [-0.39, 0.29) is 0 Å². The van der Waals surface area contributed by atoms with Crippen LogP contribution in [0.25, 0.3) is 15.3 Å². The first-order valence-corrected chi connectivity index (χ1v) is 4.95. The summed E-state index contributed by atoms with van der Waals surface area (Å²) < 4.78 is 0. The first-order valence-electron chi connectivity index (χ1n) is 4.13. The van der Waals surface area contributed by atoms with Gasteiger partial charge in [0.05, 0.1) is 6.57 Å². The Morgan fingerprint density at radius 2 is 1.93 bits per heavy atom. The second-order valence-corrected chi connectivity index (χ2v) is 3.88. The summed E-state index contributed by atoms with van der Waals surface area (Å²) in [6.07, 6.45) is 0. The fraction of sp³-hybridized carbons (Fsp3) is 0. The molecule has 2 N–H and O–H groups in total. The second kappa shape index (κ2) is 3.52. The maximum atomic E-state index is 6.92. The van der Waals surface area contributed by atoms with Gasteiger partial charge in [-0.15, -0.1) is 0 Å². The van der Waals surface area contributed by atoms with Crippen molar-refractivity contribution >= 4 is 22.0 Å². The molecule has 0 saturated heterocycles. The van der Waals surface area contributed by atoms with Gasteiger partial charge in [0.25, 0.3) is 5.00 Å². The lowest BCUT2D eigenvalue weighted by Gasteiger charge is -1.94. The van der Waals surface area contributed by atoms with Crippen molar-refractivity contribution in [1.29, 1.82) is 0 Å². The van der Waals surface area contributed by atoms with Crippen LogP contribution in [0.3, 0.4) is 0 Å². The maximum Gasteiger partial charge on any atom is 0.263 e. The van der Waals surface area contributed by atoms with E-state index in [0.29, 0.717) is 10.7 Å². The zero-order valence-corrected chi connectivity index (χ0v) is 8.21. The molecule has 1 aromatic heterocycles. The van der Waals surface area contributed by atoms with Crippen molar-refractivity contribution in [3.05, 3.63) is 47.8 Å². The Labute approximate surface area is 86.4 Å². The molecule has 1 heterocycles. The van der Waals surface area contributed by atoms with Crippen molar-refractivity contribution in [1.82, 2.24) is 0 Å². The molecule has 0 spiro atoms. The molecule has 68 valence electrons. The fourth-order valence-corrected chi connectivity index (χ4v) is 2.10. The summed E-state index contributed by atoms with van der Waals surface area (Å²) in [5.74, 6) is 0. The zero-order chi connectivity index (χ0) is 9.97. The third-order valence-electron chi connectivity index (χ3n) is 1.90. The van der Waals surface area contributed by atoms with Crippen LogP contribution >= 0.6 is 11.3 Å². The molecule has 0 saturated carbocycles. The number of hydrogen-bond donors (Lipinski definition) is 1. The number of nitrogens with two attached hydrogens (primary N) is 1. The van der Waals surface area contributed by atoms with Gasteiger partial charge in [0.1, 0.15) is 0 Å². The van der Waals surface area contributed by atoms with E-state index in [1.807, 2.05) is 36.4 Å². The normalized spacial score (nSPS) is 9.64. The summed E-state index contributed by atoms with van der Waals surface area (Å²) in [6.45, 7) is 6.92. The van der Waals surface area contributed by atoms with Gasteiger partial charge in [0, 0.05) is 10.6 Å². The molecule has 0 fully saturated rings. The number of nitrogens with zero attached hydrogens (tertiary/aromatic N) is 1. The number of rotatable bonds is 1. The summed E-state index contributed by atoms with van der Waals surface area (Å²) in [7, 11) is 0. The minimum Gasteiger partial charge on any atom is -0.406 e. The highest BCUT2D eigenvalue weighted by Crippen LogP contribution is 2.38. The van der Waals surface area contributed by atoms with Crippen molar-refractivity contribution < 1.29 is 0 Å². The molecular weight excluding hydrogens is 192 g/mol. The van der Waals surface area contributed by atoms with E-state index in [1.54, 1.807) is 0 Å². The Hall–Kier alpha value is -1.79. The van der Waals surface area contributed by atoms with E-state index >= 15 is 0 Å². The van der Waals surface area contributed by atoms with Crippen molar-refractivity contribution in [3.8, 4) is 10.4 Å². The Morgan fingerprint density at radius 1 is 1.21 bits per heavy atom. The Morgan fingerprint density at radius 3 is 2.50 bits per heavy atom. The number of hydrogen-bond acceptors (Lipinski definition) is 2. The predicted molar refractivity (Wildman–Crippen MR) is 60.4 cm³/mol. The van der Waals surface area contributed by atoms with Crippen molar-refractivity contribution in [2.45, 2.75) is 0 Å². The zero-order valence-electron chi connectivity index (χ0n) is 7.40. The fourth-order valence-electron chi connectivity index (χ4n) is 1.23. The van der Waals surface area contributed by atoms with Crippen LogP contribution in [-0.4, -0.2) is 0 Å². The molecule has 0 atom stereocenters. The van der Waals surface area contributed by atoms with Gasteiger partial charge in [-0.05, 0) is 11.6 Å². The lowest BCUT2D eigenvalue weighted by atomic mass is 10.2. The first-order chi connectivity index (χ1) is 6.81. The number of thiophene rings is 1. The van der Waals surface area contributed by atoms with Gasteiger partial charge in [0.15, 0.2) is 0 Å². The molecular formula is C11H8N2S. The van der Waals surface area contributed by atoms with E-state index in [1.165, 1.54) is 11.3 Å². The monoisotopic (exact) mass is 200 g/mol. The van der Waals surface area contributed by atoms with Gasteiger partial charge in [-0.1, -0.05) is 30.3 Å². The summed E-state index contributed by atoms with van der Waals surface area (Å²) in [5, 5.41) is 0.573. The van der Waals surface area contributed by atoms with Crippen LogP contribution in [-0.2, 0) is 0 Å². The molecule has 0 aliphatic rings. The lowest BCUT2D eigenvalue weighted by Crippen LogP contribution is -1.77. The molecule has 1 aromatic carbocycles. The van der Waals surface area contributed by atoms with Crippen LogP contribution in [0.4, 0.5) is 10.7 Å². The predicted octanol–water partition coefficient (Wildman–Crippen LogP) is 3.55. The number of benzene rings is 1. The lowest BCUT2D eigenvalue weighted by molar-refractivity contribution is 1.70. The molecule has 2 nitrogen and oxygen atoms in total. The van der Waals surface area contributed by atoms with Crippen molar-refractivity contribution in [2.24, 2.45) is 0 Å². The third-order valence-corrected chi connectivity index (χ3v) is 2.99. The van der Waals surface area contributed by atoms with Crippen molar-refractivity contribution in [2.75, 3.05) is 5.73 Å². The number of nitrogen functional groups attached to an aromatic ring is 1. The van der Waals surface area contributed by atoms with Gasteiger partial charge in [-0.2, -0.15) is 11.3 Å². The molecule has 3 heteroatoms. The molecule has 14 heavy (non-hydrogen) atoms.